The van der Waals surface area contributed by atoms with Crippen molar-refractivity contribution >= 4 is 23.2 Å². The molecule has 1 saturated heterocycles. The van der Waals surface area contributed by atoms with E-state index in [-0.39, 0.29) is 16.9 Å². The molecular weight excluding hydrogens is 331 g/mol. The lowest BCUT2D eigenvalue weighted by molar-refractivity contribution is 0.0505. The standard InChI is InChI=1S/C18H34Cl2N2O/c1-2-9-22(13-18(23)15-4-3-8-21-12-15)10-7-14-5-6-16(19)17(20)11-14/h14-18,21,23H,2-13H2,1H3. The van der Waals surface area contributed by atoms with Crippen molar-refractivity contribution in [3.05, 3.63) is 0 Å². The van der Waals surface area contributed by atoms with E-state index in [1.165, 1.54) is 19.3 Å². The molecule has 0 bridgehead atoms. The van der Waals surface area contributed by atoms with Crippen molar-refractivity contribution in [3.63, 3.8) is 0 Å². The molecule has 136 valence electrons. The number of piperidine rings is 1. The zero-order valence-electron chi connectivity index (χ0n) is 14.5. The number of halogens is 2. The molecular formula is C18H34Cl2N2O. The lowest BCUT2D eigenvalue weighted by Gasteiger charge is -2.34. The van der Waals surface area contributed by atoms with Crippen LogP contribution in [0.2, 0.25) is 0 Å². The summed E-state index contributed by atoms with van der Waals surface area (Å²) < 4.78 is 0. The molecule has 2 rings (SSSR count). The lowest BCUT2D eigenvalue weighted by atomic mass is 9.86. The predicted molar refractivity (Wildman–Crippen MR) is 99.6 cm³/mol. The van der Waals surface area contributed by atoms with Crippen molar-refractivity contribution in [1.82, 2.24) is 10.2 Å². The van der Waals surface area contributed by atoms with Crippen molar-refractivity contribution in [2.24, 2.45) is 11.8 Å². The highest BCUT2D eigenvalue weighted by atomic mass is 35.5. The molecule has 5 heteroatoms. The first-order chi connectivity index (χ1) is 11.1. The molecule has 2 aliphatic rings. The summed E-state index contributed by atoms with van der Waals surface area (Å²) in [4.78, 5) is 2.45. The van der Waals surface area contributed by atoms with Gasteiger partial charge in [0.2, 0.25) is 0 Å². The van der Waals surface area contributed by atoms with Crippen LogP contribution in [0.3, 0.4) is 0 Å². The highest BCUT2D eigenvalue weighted by molar-refractivity contribution is 6.30. The zero-order valence-corrected chi connectivity index (χ0v) is 16.0. The van der Waals surface area contributed by atoms with Gasteiger partial charge >= 0.3 is 0 Å². The summed E-state index contributed by atoms with van der Waals surface area (Å²) >= 11 is 12.6. The third-order valence-corrected chi connectivity index (χ3v) is 6.65. The molecule has 1 aliphatic heterocycles. The maximum Gasteiger partial charge on any atom is 0.0707 e. The van der Waals surface area contributed by atoms with Gasteiger partial charge in [0.1, 0.15) is 0 Å². The van der Waals surface area contributed by atoms with E-state index in [1.54, 1.807) is 0 Å². The molecule has 2 fully saturated rings. The van der Waals surface area contributed by atoms with Crippen molar-refractivity contribution in [3.8, 4) is 0 Å². The number of alkyl halides is 2. The first kappa shape index (κ1) is 19.8. The van der Waals surface area contributed by atoms with Crippen molar-refractivity contribution < 1.29 is 5.11 Å². The minimum Gasteiger partial charge on any atom is -0.391 e. The van der Waals surface area contributed by atoms with Gasteiger partial charge in [0.15, 0.2) is 0 Å². The smallest absolute Gasteiger partial charge is 0.0707 e. The highest BCUT2D eigenvalue weighted by Gasteiger charge is 2.28. The number of hydrogen-bond donors (Lipinski definition) is 2. The van der Waals surface area contributed by atoms with Crippen LogP contribution >= 0.6 is 23.2 Å². The Morgan fingerprint density at radius 1 is 1.17 bits per heavy atom. The normalized spacial score (nSPS) is 33.8. The van der Waals surface area contributed by atoms with Crippen LogP contribution in [0.1, 0.15) is 51.9 Å². The van der Waals surface area contributed by atoms with E-state index in [1.807, 2.05) is 0 Å². The van der Waals surface area contributed by atoms with E-state index in [0.717, 1.165) is 58.4 Å². The largest absolute Gasteiger partial charge is 0.391 e. The number of hydrogen-bond acceptors (Lipinski definition) is 3. The van der Waals surface area contributed by atoms with E-state index >= 15 is 0 Å². The Hall–Kier alpha value is 0.460. The molecule has 1 heterocycles. The predicted octanol–water partition coefficient (Wildman–Crippen LogP) is 3.46. The molecule has 23 heavy (non-hydrogen) atoms. The molecule has 0 aromatic carbocycles. The average molecular weight is 365 g/mol. The van der Waals surface area contributed by atoms with E-state index in [9.17, 15) is 5.11 Å². The fraction of sp³-hybridized carbons (Fsp3) is 1.00. The summed E-state index contributed by atoms with van der Waals surface area (Å²) in [6.07, 6.45) is 7.76. The maximum atomic E-state index is 10.6. The van der Waals surface area contributed by atoms with Gasteiger partial charge in [-0.25, -0.2) is 0 Å². The van der Waals surface area contributed by atoms with E-state index in [2.05, 4.69) is 17.1 Å². The Labute approximate surface area is 152 Å². The van der Waals surface area contributed by atoms with E-state index < -0.39 is 0 Å². The molecule has 0 aromatic rings. The van der Waals surface area contributed by atoms with Gasteiger partial charge in [-0.3, -0.25) is 0 Å². The molecule has 0 radical (unpaired) electrons. The van der Waals surface area contributed by atoms with Crippen molar-refractivity contribution in [2.45, 2.75) is 68.7 Å². The summed E-state index contributed by atoms with van der Waals surface area (Å²) in [5, 5.41) is 14.3. The van der Waals surface area contributed by atoms with Gasteiger partial charge in [0.25, 0.3) is 0 Å². The maximum absolute atomic E-state index is 10.6. The first-order valence-electron chi connectivity index (χ1n) is 9.49. The summed E-state index contributed by atoms with van der Waals surface area (Å²) in [6.45, 7) is 7.25. The van der Waals surface area contributed by atoms with Gasteiger partial charge in [-0.1, -0.05) is 6.92 Å². The minimum absolute atomic E-state index is 0.133. The van der Waals surface area contributed by atoms with Crippen LogP contribution < -0.4 is 5.32 Å². The summed E-state index contributed by atoms with van der Waals surface area (Å²) in [6, 6.07) is 0. The Morgan fingerprint density at radius 3 is 2.65 bits per heavy atom. The second-order valence-electron chi connectivity index (χ2n) is 7.47. The van der Waals surface area contributed by atoms with Gasteiger partial charge in [-0.05, 0) is 76.4 Å². The van der Waals surface area contributed by atoms with Gasteiger partial charge < -0.3 is 15.3 Å². The first-order valence-corrected chi connectivity index (χ1v) is 10.4. The molecule has 3 nitrogen and oxygen atoms in total. The highest BCUT2D eigenvalue weighted by Crippen LogP contribution is 2.33. The fourth-order valence-electron chi connectivity index (χ4n) is 4.02. The molecule has 0 spiro atoms. The van der Waals surface area contributed by atoms with Crippen molar-refractivity contribution in [1.29, 1.82) is 0 Å². The van der Waals surface area contributed by atoms with Gasteiger partial charge in [-0.15, -0.1) is 23.2 Å². The fourth-order valence-corrected chi connectivity index (χ4v) is 4.63. The topological polar surface area (TPSA) is 35.5 Å². The van der Waals surface area contributed by atoms with Crippen LogP contribution in [0.4, 0.5) is 0 Å². The Morgan fingerprint density at radius 2 is 2.00 bits per heavy atom. The van der Waals surface area contributed by atoms with Crippen molar-refractivity contribution in [2.75, 3.05) is 32.7 Å². The Balaban J connectivity index is 1.74. The minimum atomic E-state index is -0.200. The average Bonchev–Trinajstić information content (AvgIpc) is 2.56. The van der Waals surface area contributed by atoms with Crippen LogP contribution in [0.5, 0.6) is 0 Å². The van der Waals surface area contributed by atoms with E-state index in [0.29, 0.717) is 11.8 Å². The lowest BCUT2D eigenvalue weighted by Crippen LogP contribution is -2.43. The number of rotatable bonds is 8. The zero-order chi connectivity index (χ0) is 16.7. The number of nitrogens with one attached hydrogen (secondary N) is 1. The second kappa shape index (κ2) is 10.5. The third kappa shape index (κ3) is 6.70. The summed E-state index contributed by atoms with van der Waals surface area (Å²) in [5.74, 6) is 1.11. The monoisotopic (exact) mass is 364 g/mol. The molecule has 5 atom stereocenters. The van der Waals surface area contributed by atoms with Gasteiger partial charge in [-0.2, -0.15) is 0 Å². The quantitative estimate of drug-likeness (QED) is 0.647. The third-order valence-electron chi connectivity index (χ3n) is 5.52. The van der Waals surface area contributed by atoms with E-state index in [4.69, 9.17) is 23.2 Å². The number of aliphatic hydroxyl groups excluding tert-OH is 1. The molecule has 2 N–H and O–H groups in total. The number of aliphatic hydroxyl groups is 1. The molecule has 0 aromatic heterocycles. The summed E-state index contributed by atoms with van der Waals surface area (Å²) in [7, 11) is 0. The van der Waals surface area contributed by atoms with Crippen LogP contribution in [0.15, 0.2) is 0 Å². The van der Waals surface area contributed by atoms with Crippen LogP contribution in [-0.4, -0.2) is 59.6 Å². The Bertz CT molecular complexity index is 326. The molecule has 5 unspecified atom stereocenters. The van der Waals surface area contributed by atoms with Gasteiger partial charge in [0, 0.05) is 18.5 Å². The Kier molecular flexibility index (Phi) is 8.99. The molecule has 1 saturated carbocycles. The molecule has 1 aliphatic carbocycles. The second-order valence-corrected chi connectivity index (χ2v) is 8.60. The summed E-state index contributed by atoms with van der Waals surface area (Å²) in [5.41, 5.74) is 0. The van der Waals surface area contributed by atoms with Crippen LogP contribution in [0.25, 0.3) is 0 Å². The van der Waals surface area contributed by atoms with Gasteiger partial charge in [0.05, 0.1) is 11.5 Å². The van der Waals surface area contributed by atoms with Crippen LogP contribution in [0, 0.1) is 11.8 Å². The van der Waals surface area contributed by atoms with Crippen LogP contribution in [-0.2, 0) is 0 Å². The SMILES string of the molecule is CCCN(CCC1CCC(Cl)C(Cl)C1)CC(O)C1CCCNC1. The molecule has 0 amide bonds. The number of nitrogens with zero attached hydrogens (tertiary/aromatic N) is 1.